The maximum atomic E-state index is 12.5. The van der Waals surface area contributed by atoms with Crippen molar-refractivity contribution in [2.24, 2.45) is 0 Å². The zero-order valence-corrected chi connectivity index (χ0v) is 16.7. The van der Waals surface area contributed by atoms with Gasteiger partial charge in [-0.3, -0.25) is 4.79 Å². The van der Waals surface area contributed by atoms with E-state index < -0.39 is 0 Å². The van der Waals surface area contributed by atoms with Gasteiger partial charge in [-0.15, -0.1) is 10.2 Å². The molecule has 0 aliphatic heterocycles. The summed E-state index contributed by atoms with van der Waals surface area (Å²) >= 11 is 0. The Morgan fingerprint density at radius 1 is 0.897 bits per heavy atom. The molecule has 0 aliphatic carbocycles. The Morgan fingerprint density at radius 2 is 1.66 bits per heavy atom. The highest BCUT2D eigenvalue weighted by atomic mass is 16.5. The van der Waals surface area contributed by atoms with Crippen LogP contribution in [0.25, 0.3) is 11.3 Å². The van der Waals surface area contributed by atoms with Gasteiger partial charge in [-0.1, -0.05) is 25.5 Å². The first kappa shape index (κ1) is 20.3. The van der Waals surface area contributed by atoms with Crippen LogP contribution in [0.2, 0.25) is 0 Å². The van der Waals surface area contributed by atoms with E-state index in [4.69, 9.17) is 9.47 Å². The molecular formula is C23H25N3O3. The minimum absolute atomic E-state index is 0.168. The monoisotopic (exact) mass is 391 g/mol. The van der Waals surface area contributed by atoms with Crippen molar-refractivity contribution in [2.45, 2.75) is 26.7 Å². The first-order valence-corrected chi connectivity index (χ1v) is 9.80. The summed E-state index contributed by atoms with van der Waals surface area (Å²) in [4.78, 5) is 12.5. The summed E-state index contributed by atoms with van der Waals surface area (Å²) in [6.45, 7) is 5.26. The highest BCUT2D eigenvalue weighted by Crippen LogP contribution is 2.21. The number of aromatic nitrogens is 2. The SMILES string of the molecule is CCCCOc1ccc(C(=O)Nc2ccc(-c3ccc(OCC)nn3)cc2)cc1. The standard InChI is InChI=1S/C23H25N3O3/c1-3-5-16-29-20-12-8-18(9-13-20)23(27)24-19-10-6-17(7-11-19)21-14-15-22(26-25-21)28-4-2/h6-15H,3-5,16H2,1-2H3,(H,24,27). The summed E-state index contributed by atoms with van der Waals surface area (Å²) in [5.74, 6) is 1.11. The van der Waals surface area contributed by atoms with Crippen LogP contribution in [-0.4, -0.2) is 29.3 Å². The molecule has 3 rings (SSSR count). The van der Waals surface area contributed by atoms with E-state index in [1.807, 2.05) is 49.4 Å². The molecule has 0 spiro atoms. The molecule has 3 aromatic rings. The van der Waals surface area contributed by atoms with Crippen molar-refractivity contribution in [3.63, 3.8) is 0 Å². The van der Waals surface area contributed by atoms with Crippen LogP contribution < -0.4 is 14.8 Å². The number of ether oxygens (including phenoxy) is 2. The largest absolute Gasteiger partial charge is 0.494 e. The molecule has 0 saturated carbocycles. The first-order valence-electron chi connectivity index (χ1n) is 9.80. The summed E-state index contributed by atoms with van der Waals surface area (Å²) in [5.41, 5.74) is 2.94. The highest BCUT2D eigenvalue weighted by Gasteiger charge is 2.07. The Bertz CT molecular complexity index is 908. The van der Waals surface area contributed by atoms with E-state index in [9.17, 15) is 4.79 Å². The molecule has 1 heterocycles. The zero-order valence-electron chi connectivity index (χ0n) is 16.7. The Balaban J connectivity index is 1.59. The van der Waals surface area contributed by atoms with Gasteiger partial charge >= 0.3 is 0 Å². The quantitative estimate of drug-likeness (QED) is 0.521. The number of nitrogens with zero attached hydrogens (tertiary/aromatic N) is 2. The van der Waals surface area contributed by atoms with Crippen molar-refractivity contribution >= 4 is 11.6 Å². The van der Waals surface area contributed by atoms with Gasteiger partial charge in [0.2, 0.25) is 5.88 Å². The highest BCUT2D eigenvalue weighted by molar-refractivity contribution is 6.04. The Hall–Kier alpha value is -3.41. The molecule has 0 fully saturated rings. The lowest BCUT2D eigenvalue weighted by Gasteiger charge is -2.08. The number of carbonyl (C=O) groups excluding carboxylic acids is 1. The van der Waals surface area contributed by atoms with Gasteiger partial charge in [0.05, 0.1) is 18.9 Å². The van der Waals surface area contributed by atoms with Gasteiger partial charge in [0.1, 0.15) is 5.75 Å². The average molecular weight is 391 g/mol. The van der Waals surface area contributed by atoms with E-state index in [2.05, 4.69) is 22.4 Å². The van der Waals surface area contributed by atoms with Crippen molar-refractivity contribution in [3.8, 4) is 22.9 Å². The molecule has 0 bridgehead atoms. The number of amides is 1. The second kappa shape index (κ2) is 10.2. The van der Waals surface area contributed by atoms with E-state index in [-0.39, 0.29) is 5.91 Å². The van der Waals surface area contributed by atoms with Gasteiger partial charge in [-0.2, -0.15) is 0 Å². The van der Waals surface area contributed by atoms with Crippen LogP contribution in [0.15, 0.2) is 60.7 Å². The predicted molar refractivity (Wildman–Crippen MR) is 113 cm³/mol. The molecule has 1 amide bonds. The number of rotatable bonds is 9. The van der Waals surface area contributed by atoms with Crippen molar-refractivity contribution in [2.75, 3.05) is 18.5 Å². The molecule has 1 N–H and O–H groups in total. The molecule has 6 nitrogen and oxygen atoms in total. The number of nitrogens with one attached hydrogen (secondary N) is 1. The lowest BCUT2D eigenvalue weighted by molar-refractivity contribution is 0.102. The lowest BCUT2D eigenvalue weighted by Crippen LogP contribution is -2.11. The third-order valence-corrected chi connectivity index (χ3v) is 4.25. The Kier molecular flexibility index (Phi) is 7.16. The fraction of sp³-hybridized carbons (Fsp3) is 0.261. The second-order valence-electron chi connectivity index (χ2n) is 6.45. The van der Waals surface area contributed by atoms with Crippen LogP contribution >= 0.6 is 0 Å². The maximum absolute atomic E-state index is 12.5. The molecule has 0 unspecified atom stereocenters. The van der Waals surface area contributed by atoms with Crippen molar-refractivity contribution < 1.29 is 14.3 Å². The van der Waals surface area contributed by atoms with Crippen molar-refractivity contribution in [1.29, 1.82) is 0 Å². The minimum Gasteiger partial charge on any atom is -0.494 e. The third-order valence-electron chi connectivity index (χ3n) is 4.25. The molecule has 2 aromatic carbocycles. The molecule has 150 valence electrons. The number of carbonyl (C=O) groups is 1. The smallest absolute Gasteiger partial charge is 0.255 e. The van der Waals surface area contributed by atoms with Gasteiger partial charge in [-0.05, 0) is 55.8 Å². The maximum Gasteiger partial charge on any atom is 0.255 e. The third kappa shape index (κ3) is 5.78. The number of unbranched alkanes of at least 4 members (excludes halogenated alkanes) is 1. The first-order chi connectivity index (χ1) is 14.2. The van der Waals surface area contributed by atoms with Gasteiger partial charge in [-0.25, -0.2) is 0 Å². The molecule has 0 atom stereocenters. The summed E-state index contributed by atoms with van der Waals surface area (Å²) < 4.78 is 10.9. The van der Waals surface area contributed by atoms with E-state index >= 15 is 0 Å². The van der Waals surface area contributed by atoms with Gasteiger partial charge < -0.3 is 14.8 Å². The summed E-state index contributed by atoms with van der Waals surface area (Å²) in [6.07, 6.45) is 2.10. The fourth-order valence-corrected chi connectivity index (χ4v) is 2.66. The molecular weight excluding hydrogens is 366 g/mol. The van der Waals surface area contributed by atoms with Gasteiger partial charge in [0.15, 0.2) is 0 Å². The fourth-order valence-electron chi connectivity index (χ4n) is 2.66. The molecule has 0 aliphatic rings. The number of anilines is 1. The van der Waals surface area contributed by atoms with Gasteiger partial charge in [0.25, 0.3) is 5.91 Å². The lowest BCUT2D eigenvalue weighted by atomic mass is 10.1. The molecule has 0 saturated heterocycles. The second-order valence-corrected chi connectivity index (χ2v) is 6.45. The number of benzene rings is 2. The van der Waals surface area contributed by atoms with E-state index in [0.717, 1.165) is 29.8 Å². The van der Waals surface area contributed by atoms with E-state index in [0.29, 0.717) is 30.3 Å². The summed E-state index contributed by atoms with van der Waals surface area (Å²) in [7, 11) is 0. The summed E-state index contributed by atoms with van der Waals surface area (Å²) in [5, 5.41) is 11.1. The molecule has 0 radical (unpaired) electrons. The zero-order chi connectivity index (χ0) is 20.5. The van der Waals surface area contributed by atoms with E-state index in [1.54, 1.807) is 18.2 Å². The number of hydrogen-bond acceptors (Lipinski definition) is 5. The number of hydrogen-bond donors (Lipinski definition) is 1. The Morgan fingerprint density at radius 3 is 2.28 bits per heavy atom. The molecule has 29 heavy (non-hydrogen) atoms. The van der Waals surface area contributed by atoms with Gasteiger partial charge in [0, 0.05) is 22.9 Å². The Labute approximate surface area is 170 Å². The van der Waals surface area contributed by atoms with E-state index in [1.165, 1.54) is 0 Å². The van der Waals surface area contributed by atoms with Crippen LogP contribution in [0, 0.1) is 0 Å². The van der Waals surface area contributed by atoms with Crippen LogP contribution in [0.1, 0.15) is 37.0 Å². The summed E-state index contributed by atoms with van der Waals surface area (Å²) in [6, 6.07) is 18.3. The minimum atomic E-state index is -0.168. The topological polar surface area (TPSA) is 73.3 Å². The molecule has 6 heteroatoms. The van der Waals surface area contributed by atoms with Crippen LogP contribution in [0.5, 0.6) is 11.6 Å². The average Bonchev–Trinajstić information content (AvgIpc) is 2.76. The normalized spacial score (nSPS) is 10.4. The van der Waals surface area contributed by atoms with Crippen LogP contribution in [0.4, 0.5) is 5.69 Å². The van der Waals surface area contributed by atoms with Crippen LogP contribution in [0.3, 0.4) is 0 Å². The molecule has 1 aromatic heterocycles. The van der Waals surface area contributed by atoms with Crippen molar-refractivity contribution in [3.05, 3.63) is 66.2 Å². The van der Waals surface area contributed by atoms with Crippen LogP contribution in [-0.2, 0) is 0 Å². The predicted octanol–water partition coefficient (Wildman–Crippen LogP) is 4.97. The van der Waals surface area contributed by atoms with Crippen molar-refractivity contribution in [1.82, 2.24) is 10.2 Å².